The van der Waals surface area contributed by atoms with Crippen LogP contribution in [0.15, 0.2) is 60.7 Å². The van der Waals surface area contributed by atoms with Crippen LogP contribution in [0, 0.1) is 0 Å². The van der Waals surface area contributed by atoms with Gasteiger partial charge in [-0.05, 0) is 74.9 Å². The molecule has 3 nitrogen and oxygen atoms in total. The van der Waals surface area contributed by atoms with Gasteiger partial charge in [0, 0.05) is 21.6 Å². The molecule has 0 spiro atoms. The fourth-order valence-corrected chi connectivity index (χ4v) is 4.78. The summed E-state index contributed by atoms with van der Waals surface area (Å²) in [5.74, 6) is 0.460. The average Bonchev–Trinajstić information content (AvgIpc) is 3.10. The van der Waals surface area contributed by atoms with Crippen molar-refractivity contribution < 1.29 is 14.3 Å². The van der Waals surface area contributed by atoms with Crippen molar-refractivity contribution in [3.05, 3.63) is 66.2 Å². The minimum Gasteiger partial charge on any atom is -0.491 e. The van der Waals surface area contributed by atoms with Crippen molar-refractivity contribution in [2.45, 2.75) is 59.2 Å². The van der Waals surface area contributed by atoms with Crippen LogP contribution < -0.4 is 4.74 Å². The van der Waals surface area contributed by atoms with Crippen LogP contribution in [0.25, 0.3) is 20.5 Å². The summed E-state index contributed by atoms with van der Waals surface area (Å²) in [4.78, 5) is 13.1. The van der Waals surface area contributed by atoms with E-state index in [9.17, 15) is 4.79 Å². The number of fused-ring (bicyclic) bond motifs is 1. The Hall–Kier alpha value is -2.59. The Labute approximate surface area is 183 Å². The maximum atomic E-state index is 11.8. The lowest BCUT2D eigenvalue weighted by Crippen LogP contribution is -2.33. The maximum absolute atomic E-state index is 11.8. The predicted octanol–water partition coefficient (Wildman–Crippen LogP) is 7.19. The molecule has 4 heteroatoms. The van der Waals surface area contributed by atoms with Gasteiger partial charge in [-0.1, -0.05) is 37.8 Å². The monoisotopic (exact) mass is 422 g/mol. The summed E-state index contributed by atoms with van der Waals surface area (Å²) in [6.45, 7) is 13.3. The molecule has 0 fully saturated rings. The number of thiophene rings is 1. The van der Waals surface area contributed by atoms with Gasteiger partial charge < -0.3 is 9.47 Å². The molecule has 0 radical (unpaired) electrons. The highest BCUT2D eigenvalue weighted by Crippen LogP contribution is 2.37. The van der Waals surface area contributed by atoms with Gasteiger partial charge in [0.1, 0.15) is 11.4 Å². The van der Waals surface area contributed by atoms with Crippen LogP contribution in [-0.2, 0) is 16.0 Å². The van der Waals surface area contributed by atoms with E-state index >= 15 is 0 Å². The second-order valence-corrected chi connectivity index (χ2v) is 9.47. The summed E-state index contributed by atoms with van der Waals surface area (Å²) in [7, 11) is 0. The third-order valence-electron chi connectivity index (χ3n) is 4.99. The Morgan fingerprint density at radius 3 is 2.60 bits per heavy atom. The number of carbonyl (C=O) groups excluding carboxylic acids is 1. The van der Waals surface area contributed by atoms with Gasteiger partial charge in [-0.25, -0.2) is 4.79 Å². The second-order valence-electron chi connectivity index (χ2n) is 8.38. The fourth-order valence-electron chi connectivity index (χ4n) is 3.63. The van der Waals surface area contributed by atoms with Crippen LogP contribution >= 0.6 is 11.3 Å². The van der Waals surface area contributed by atoms with Crippen LogP contribution in [0.4, 0.5) is 0 Å². The largest absolute Gasteiger partial charge is 0.491 e. The summed E-state index contributed by atoms with van der Waals surface area (Å²) in [5, 5.41) is 1.22. The van der Waals surface area contributed by atoms with Crippen molar-refractivity contribution in [1.82, 2.24) is 0 Å². The van der Waals surface area contributed by atoms with E-state index in [2.05, 4.69) is 56.0 Å². The van der Waals surface area contributed by atoms with Crippen LogP contribution in [0.5, 0.6) is 5.75 Å². The Kier molecular flexibility index (Phi) is 6.67. The number of hydrogen-bond donors (Lipinski definition) is 0. The summed E-state index contributed by atoms with van der Waals surface area (Å²) in [6.07, 6.45) is 1.50. The van der Waals surface area contributed by atoms with Gasteiger partial charge in [0.05, 0.1) is 6.10 Å². The Morgan fingerprint density at radius 2 is 1.90 bits per heavy atom. The molecule has 1 unspecified atom stereocenters. The van der Waals surface area contributed by atoms with Crippen molar-refractivity contribution in [1.29, 1.82) is 0 Å². The van der Waals surface area contributed by atoms with E-state index in [1.165, 1.54) is 26.1 Å². The molecule has 0 bridgehead atoms. The van der Waals surface area contributed by atoms with Crippen molar-refractivity contribution in [2.75, 3.05) is 0 Å². The Bertz CT molecular complexity index is 1060. The fraction of sp³-hybridized carbons (Fsp3) is 0.346. The third kappa shape index (κ3) is 5.31. The van der Waals surface area contributed by atoms with E-state index in [-0.39, 0.29) is 12.1 Å². The zero-order chi connectivity index (χ0) is 21.9. The van der Waals surface area contributed by atoms with E-state index in [1.54, 1.807) is 18.3 Å². The molecule has 1 heterocycles. The van der Waals surface area contributed by atoms with E-state index in [0.717, 1.165) is 12.2 Å². The molecule has 0 aliphatic carbocycles. The van der Waals surface area contributed by atoms with Gasteiger partial charge in [0.25, 0.3) is 0 Å². The molecule has 1 aromatic heterocycles. The molecule has 30 heavy (non-hydrogen) atoms. The highest BCUT2D eigenvalue weighted by Gasteiger charge is 2.26. The van der Waals surface area contributed by atoms with Crippen molar-refractivity contribution in [3.8, 4) is 16.2 Å². The number of benzene rings is 2. The van der Waals surface area contributed by atoms with E-state index in [0.29, 0.717) is 12.0 Å². The van der Waals surface area contributed by atoms with Crippen LogP contribution in [0.1, 0.15) is 46.6 Å². The first kappa shape index (κ1) is 22.1. The molecule has 0 aliphatic heterocycles. The molecule has 1 atom stereocenters. The van der Waals surface area contributed by atoms with E-state index < -0.39 is 5.60 Å². The van der Waals surface area contributed by atoms with Crippen LogP contribution in [0.2, 0.25) is 0 Å². The topological polar surface area (TPSA) is 35.5 Å². The third-order valence-corrected chi connectivity index (χ3v) is 6.12. The molecule has 3 rings (SSSR count). The average molecular weight is 423 g/mol. The lowest BCUT2D eigenvalue weighted by atomic mass is 10.0. The summed E-state index contributed by atoms with van der Waals surface area (Å²) >= 11 is 1.79. The van der Waals surface area contributed by atoms with Crippen molar-refractivity contribution in [3.63, 3.8) is 0 Å². The van der Waals surface area contributed by atoms with Gasteiger partial charge in [-0.3, -0.25) is 0 Å². The molecule has 2 aromatic carbocycles. The summed E-state index contributed by atoms with van der Waals surface area (Å²) < 4.78 is 12.9. The van der Waals surface area contributed by atoms with Gasteiger partial charge >= 0.3 is 5.97 Å². The highest BCUT2D eigenvalue weighted by atomic mass is 32.1. The number of hydrogen-bond acceptors (Lipinski definition) is 4. The van der Waals surface area contributed by atoms with Crippen molar-refractivity contribution in [2.24, 2.45) is 0 Å². The molecule has 158 valence electrons. The molecule has 0 aliphatic rings. The lowest BCUT2D eigenvalue weighted by molar-refractivity contribution is -0.153. The smallest absolute Gasteiger partial charge is 0.333 e. The van der Waals surface area contributed by atoms with Gasteiger partial charge in [-0.15, -0.1) is 11.3 Å². The van der Waals surface area contributed by atoms with Crippen LogP contribution in [-0.4, -0.2) is 17.7 Å². The first-order chi connectivity index (χ1) is 14.2. The minimum atomic E-state index is -0.625. The molecular formula is C26H30O3S. The summed E-state index contributed by atoms with van der Waals surface area (Å²) in [6, 6.07) is 17.0. The molecule has 3 aromatic rings. The number of ether oxygens (including phenoxy) is 2. The van der Waals surface area contributed by atoms with Crippen LogP contribution in [0.3, 0.4) is 0 Å². The standard InChI is InChI=1S/C26H30O3S/c1-7-19-10-8-9-11-22(19)24-14-20-12-13-21(15-23(20)30-24)28-18(4)16-26(5,6)29-25(27)17(2)3/h8-15,18H,2,7,16H2,1,3-6H3. The Balaban J connectivity index is 1.74. The maximum Gasteiger partial charge on any atom is 0.333 e. The van der Waals surface area contributed by atoms with Gasteiger partial charge in [-0.2, -0.15) is 0 Å². The zero-order valence-corrected chi connectivity index (χ0v) is 19.3. The Morgan fingerprint density at radius 1 is 1.17 bits per heavy atom. The van der Waals surface area contributed by atoms with Crippen molar-refractivity contribution >= 4 is 27.4 Å². The normalized spacial score (nSPS) is 12.6. The lowest BCUT2D eigenvalue weighted by Gasteiger charge is -2.28. The van der Waals surface area contributed by atoms with E-state index in [4.69, 9.17) is 9.47 Å². The highest BCUT2D eigenvalue weighted by molar-refractivity contribution is 7.22. The molecule has 0 amide bonds. The quantitative estimate of drug-likeness (QED) is 0.285. The number of aryl methyl sites for hydroxylation is 1. The summed E-state index contributed by atoms with van der Waals surface area (Å²) in [5.41, 5.74) is 2.44. The van der Waals surface area contributed by atoms with E-state index in [1.807, 2.05) is 26.8 Å². The first-order valence-corrected chi connectivity index (χ1v) is 11.2. The predicted molar refractivity (Wildman–Crippen MR) is 126 cm³/mol. The molecule has 0 N–H and O–H groups in total. The molecule has 0 saturated carbocycles. The molecular weight excluding hydrogens is 392 g/mol. The molecule has 0 saturated heterocycles. The minimum absolute atomic E-state index is 0.101. The number of carbonyl (C=O) groups is 1. The van der Waals surface area contributed by atoms with Gasteiger partial charge in [0.2, 0.25) is 0 Å². The first-order valence-electron chi connectivity index (χ1n) is 10.4. The van der Waals surface area contributed by atoms with Gasteiger partial charge in [0.15, 0.2) is 0 Å². The second kappa shape index (κ2) is 9.05. The zero-order valence-electron chi connectivity index (χ0n) is 18.5. The number of rotatable bonds is 8. The number of esters is 1. The SMILES string of the molecule is C=C(C)C(=O)OC(C)(C)CC(C)Oc1ccc2cc(-c3ccccc3CC)sc2c1.